The van der Waals surface area contributed by atoms with E-state index in [2.05, 4.69) is 41.3 Å². The summed E-state index contributed by atoms with van der Waals surface area (Å²) in [6, 6.07) is 8.36. The monoisotopic (exact) mass is 306 g/mol. The summed E-state index contributed by atoms with van der Waals surface area (Å²) in [5.41, 5.74) is 1.25. The first-order valence-corrected chi connectivity index (χ1v) is 8.16. The Morgan fingerprint density at radius 2 is 1.86 bits per heavy atom. The minimum atomic E-state index is -0.497. The van der Waals surface area contributed by atoms with E-state index in [0.29, 0.717) is 17.5 Å². The zero-order valence-electron chi connectivity index (χ0n) is 12.9. The Balaban J connectivity index is 2.01. The van der Waals surface area contributed by atoms with Crippen LogP contribution in [0.1, 0.15) is 44.0 Å². The molecule has 4 nitrogen and oxygen atoms in total. The molecule has 5 heteroatoms. The van der Waals surface area contributed by atoms with Gasteiger partial charge in [0.25, 0.3) is 0 Å². The van der Waals surface area contributed by atoms with Gasteiger partial charge in [0.05, 0.1) is 17.8 Å². The molecule has 0 aliphatic rings. The average Bonchev–Trinajstić information content (AvgIpc) is 2.85. The molecule has 0 amide bonds. The van der Waals surface area contributed by atoms with E-state index in [1.807, 2.05) is 13.8 Å². The zero-order chi connectivity index (χ0) is 15.4. The van der Waals surface area contributed by atoms with Crippen molar-refractivity contribution in [3.8, 4) is 0 Å². The van der Waals surface area contributed by atoms with Gasteiger partial charge in [-0.2, -0.15) is 4.98 Å². The van der Waals surface area contributed by atoms with Gasteiger partial charge in [-0.15, -0.1) is 11.8 Å². The van der Waals surface area contributed by atoms with Crippen LogP contribution in [0.15, 0.2) is 33.7 Å². The molecule has 1 N–H and O–H groups in total. The summed E-state index contributed by atoms with van der Waals surface area (Å²) in [5.74, 6) is 2.00. The molecule has 0 fully saturated rings. The highest BCUT2D eigenvalue weighted by Crippen LogP contribution is 2.28. The summed E-state index contributed by atoms with van der Waals surface area (Å²) in [6.07, 6.45) is -0.497. The van der Waals surface area contributed by atoms with Crippen molar-refractivity contribution in [3.05, 3.63) is 41.5 Å². The molecule has 0 aliphatic heterocycles. The third-order valence-corrected chi connectivity index (χ3v) is 4.40. The van der Waals surface area contributed by atoms with Gasteiger partial charge in [-0.05, 0) is 31.9 Å². The van der Waals surface area contributed by atoms with Gasteiger partial charge in [-0.25, -0.2) is 0 Å². The number of aromatic nitrogens is 2. The van der Waals surface area contributed by atoms with Gasteiger partial charge in [-0.3, -0.25) is 0 Å². The SMILES string of the molecule is Cc1ccc(SCc2noc(C(C(C)C)C(C)O)n2)cc1. The molecule has 114 valence electrons. The molecule has 2 atom stereocenters. The lowest BCUT2D eigenvalue weighted by molar-refractivity contribution is 0.120. The van der Waals surface area contributed by atoms with Crippen LogP contribution in [0.2, 0.25) is 0 Å². The summed E-state index contributed by atoms with van der Waals surface area (Å²) in [4.78, 5) is 5.61. The van der Waals surface area contributed by atoms with E-state index >= 15 is 0 Å². The quantitative estimate of drug-likeness (QED) is 0.823. The van der Waals surface area contributed by atoms with Crippen molar-refractivity contribution in [1.29, 1.82) is 0 Å². The molecule has 0 spiro atoms. The number of aryl methyl sites for hydroxylation is 1. The summed E-state index contributed by atoms with van der Waals surface area (Å²) in [5, 5.41) is 13.9. The number of aliphatic hydroxyl groups excluding tert-OH is 1. The molecular weight excluding hydrogens is 284 g/mol. The van der Waals surface area contributed by atoms with Gasteiger partial charge in [0.15, 0.2) is 5.82 Å². The molecule has 0 saturated carbocycles. The Morgan fingerprint density at radius 1 is 1.19 bits per heavy atom. The summed E-state index contributed by atoms with van der Waals surface area (Å²) < 4.78 is 5.32. The number of aliphatic hydroxyl groups is 1. The molecule has 0 radical (unpaired) electrons. The first-order valence-electron chi connectivity index (χ1n) is 7.17. The van der Waals surface area contributed by atoms with Gasteiger partial charge in [-0.1, -0.05) is 36.7 Å². The minimum Gasteiger partial charge on any atom is -0.393 e. The van der Waals surface area contributed by atoms with E-state index in [1.165, 1.54) is 10.5 Å². The van der Waals surface area contributed by atoms with Crippen LogP contribution >= 0.6 is 11.8 Å². The van der Waals surface area contributed by atoms with Crippen molar-refractivity contribution in [2.24, 2.45) is 5.92 Å². The molecule has 0 aliphatic carbocycles. The second-order valence-corrected chi connectivity index (χ2v) is 6.71. The normalized spacial score (nSPS) is 14.4. The Bertz CT molecular complexity index is 556. The molecule has 1 heterocycles. The van der Waals surface area contributed by atoms with Crippen molar-refractivity contribution in [3.63, 3.8) is 0 Å². The maximum Gasteiger partial charge on any atom is 0.232 e. The molecule has 2 rings (SSSR count). The topological polar surface area (TPSA) is 59.2 Å². The predicted molar refractivity (Wildman–Crippen MR) is 84.3 cm³/mol. The van der Waals surface area contributed by atoms with E-state index in [0.717, 1.165) is 0 Å². The highest BCUT2D eigenvalue weighted by atomic mass is 32.2. The molecule has 2 unspecified atom stereocenters. The lowest BCUT2D eigenvalue weighted by Crippen LogP contribution is -2.20. The van der Waals surface area contributed by atoms with Crippen LogP contribution in [-0.2, 0) is 5.75 Å². The third kappa shape index (κ3) is 4.32. The Labute approximate surface area is 130 Å². The van der Waals surface area contributed by atoms with Crippen molar-refractivity contribution < 1.29 is 9.63 Å². The second kappa shape index (κ2) is 7.09. The number of benzene rings is 1. The van der Waals surface area contributed by atoms with E-state index in [1.54, 1.807) is 18.7 Å². The Hall–Kier alpha value is -1.33. The van der Waals surface area contributed by atoms with Crippen LogP contribution in [-0.4, -0.2) is 21.4 Å². The van der Waals surface area contributed by atoms with Crippen LogP contribution in [0.25, 0.3) is 0 Å². The van der Waals surface area contributed by atoms with Gasteiger partial charge in [0.1, 0.15) is 0 Å². The molecule has 2 aromatic rings. The highest BCUT2D eigenvalue weighted by molar-refractivity contribution is 7.98. The minimum absolute atomic E-state index is 0.115. The van der Waals surface area contributed by atoms with Crippen LogP contribution in [0.4, 0.5) is 0 Å². The van der Waals surface area contributed by atoms with Crippen LogP contribution in [0, 0.1) is 12.8 Å². The van der Waals surface area contributed by atoms with E-state index < -0.39 is 6.10 Å². The fourth-order valence-corrected chi connectivity index (χ4v) is 3.03. The summed E-state index contributed by atoms with van der Waals surface area (Å²) >= 11 is 1.68. The number of hydrogen-bond acceptors (Lipinski definition) is 5. The largest absolute Gasteiger partial charge is 0.393 e. The van der Waals surface area contributed by atoms with Crippen LogP contribution in [0.3, 0.4) is 0 Å². The molecule has 1 aromatic heterocycles. The van der Waals surface area contributed by atoms with E-state index in [9.17, 15) is 5.11 Å². The first-order chi connectivity index (χ1) is 9.97. The predicted octanol–water partition coefficient (Wildman–Crippen LogP) is 3.79. The maximum atomic E-state index is 9.85. The molecule has 0 bridgehead atoms. The summed E-state index contributed by atoms with van der Waals surface area (Å²) in [7, 11) is 0. The Kier molecular flexibility index (Phi) is 5.42. The number of rotatable bonds is 6. The second-order valence-electron chi connectivity index (χ2n) is 5.66. The van der Waals surface area contributed by atoms with Gasteiger partial charge in [0, 0.05) is 4.90 Å². The van der Waals surface area contributed by atoms with Gasteiger partial charge < -0.3 is 9.63 Å². The molecular formula is C16H22N2O2S. The van der Waals surface area contributed by atoms with Crippen molar-refractivity contribution >= 4 is 11.8 Å². The number of hydrogen-bond donors (Lipinski definition) is 1. The van der Waals surface area contributed by atoms with E-state index in [4.69, 9.17) is 4.52 Å². The summed E-state index contributed by atoms with van der Waals surface area (Å²) in [6.45, 7) is 7.92. The lowest BCUT2D eigenvalue weighted by Gasteiger charge is -2.19. The fourth-order valence-electron chi connectivity index (χ4n) is 2.29. The molecule has 1 aromatic carbocycles. The van der Waals surface area contributed by atoms with Crippen molar-refractivity contribution in [2.75, 3.05) is 0 Å². The molecule has 21 heavy (non-hydrogen) atoms. The van der Waals surface area contributed by atoms with E-state index in [-0.39, 0.29) is 11.8 Å². The third-order valence-electron chi connectivity index (χ3n) is 3.40. The Morgan fingerprint density at radius 3 is 2.43 bits per heavy atom. The first kappa shape index (κ1) is 16.0. The van der Waals surface area contributed by atoms with Crippen molar-refractivity contribution in [1.82, 2.24) is 10.1 Å². The average molecular weight is 306 g/mol. The van der Waals surface area contributed by atoms with Gasteiger partial charge >= 0.3 is 0 Å². The zero-order valence-corrected chi connectivity index (χ0v) is 13.7. The molecule has 0 saturated heterocycles. The van der Waals surface area contributed by atoms with Crippen molar-refractivity contribution in [2.45, 2.75) is 50.4 Å². The smallest absolute Gasteiger partial charge is 0.232 e. The number of nitrogens with zero attached hydrogens (tertiary/aromatic N) is 2. The van der Waals surface area contributed by atoms with Gasteiger partial charge in [0.2, 0.25) is 5.89 Å². The van der Waals surface area contributed by atoms with Crippen LogP contribution < -0.4 is 0 Å². The highest BCUT2D eigenvalue weighted by Gasteiger charge is 2.27. The fraction of sp³-hybridized carbons (Fsp3) is 0.500. The number of thioether (sulfide) groups is 1. The standard InChI is InChI=1S/C16H22N2O2S/c1-10(2)15(12(4)19)16-17-14(18-20-16)9-21-13-7-5-11(3)6-8-13/h5-8,10,12,15,19H,9H2,1-4H3. The lowest BCUT2D eigenvalue weighted by atomic mass is 9.91. The van der Waals surface area contributed by atoms with Crippen LogP contribution in [0.5, 0.6) is 0 Å². The maximum absolute atomic E-state index is 9.85.